The third kappa shape index (κ3) is 7.13. The Hall–Kier alpha value is -0.820. The first-order valence-electron chi connectivity index (χ1n) is 8.59. The normalized spacial score (nSPS) is 26.7. The first kappa shape index (κ1) is 18.2. The van der Waals surface area contributed by atoms with Gasteiger partial charge >= 0.3 is 0 Å². The molecule has 2 atom stereocenters. The Labute approximate surface area is 131 Å². The van der Waals surface area contributed by atoms with Gasteiger partial charge in [0.1, 0.15) is 0 Å². The number of aliphatic hydroxyl groups excluding tert-OH is 1. The van der Waals surface area contributed by atoms with Gasteiger partial charge in [0.25, 0.3) is 0 Å². The van der Waals surface area contributed by atoms with Gasteiger partial charge in [-0.2, -0.15) is 0 Å². The molecule has 120 valence electrons. The molecule has 0 bridgehead atoms. The summed E-state index contributed by atoms with van der Waals surface area (Å²) < 4.78 is 0. The van der Waals surface area contributed by atoms with Gasteiger partial charge in [-0.25, -0.2) is 0 Å². The number of hydrogen-bond acceptors (Lipinski definition) is 1. The summed E-state index contributed by atoms with van der Waals surface area (Å²) in [6, 6.07) is 0. The Kier molecular flexibility index (Phi) is 8.03. The van der Waals surface area contributed by atoms with E-state index < -0.39 is 0 Å². The van der Waals surface area contributed by atoms with Gasteiger partial charge in [0.2, 0.25) is 0 Å². The largest absolute Gasteiger partial charge is 0.388 e. The van der Waals surface area contributed by atoms with Crippen LogP contribution in [0.1, 0.15) is 73.1 Å². The molecule has 1 rings (SSSR count). The van der Waals surface area contributed by atoms with E-state index in [2.05, 4.69) is 52.8 Å². The highest BCUT2D eigenvalue weighted by atomic mass is 16.3. The molecule has 1 aliphatic rings. The van der Waals surface area contributed by atoms with E-state index in [0.29, 0.717) is 11.8 Å². The highest BCUT2D eigenvalue weighted by molar-refractivity contribution is 5.15. The van der Waals surface area contributed by atoms with Gasteiger partial charge in [0.05, 0.1) is 6.10 Å². The average Bonchev–Trinajstić information content (AvgIpc) is 2.37. The van der Waals surface area contributed by atoms with Crippen molar-refractivity contribution >= 4 is 0 Å². The van der Waals surface area contributed by atoms with Crippen molar-refractivity contribution in [3.05, 3.63) is 34.9 Å². The van der Waals surface area contributed by atoms with Gasteiger partial charge in [0, 0.05) is 0 Å². The van der Waals surface area contributed by atoms with Crippen LogP contribution in [0, 0.1) is 11.8 Å². The van der Waals surface area contributed by atoms with Crippen LogP contribution in [0.3, 0.4) is 0 Å². The van der Waals surface area contributed by atoms with E-state index in [9.17, 15) is 5.11 Å². The Morgan fingerprint density at radius 3 is 2.38 bits per heavy atom. The lowest BCUT2D eigenvalue weighted by Crippen LogP contribution is -2.16. The summed E-state index contributed by atoms with van der Waals surface area (Å²) in [6.07, 6.45) is 13.2. The zero-order valence-corrected chi connectivity index (χ0v) is 14.7. The van der Waals surface area contributed by atoms with Gasteiger partial charge < -0.3 is 5.11 Å². The van der Waals surface area contributed by atoms with E-state index in [1.54, 1.807) is 0 Å². The molecule has 1 heteroatoms. The summed E-state index contributed by atoms with van der Waals surface area (Å²) in [7, 11) is 0. The Morgan fingerprint density at radius 1 is 1.05 bits per heavy atom. The lowest BCUT2D eigenvalue weighted by molar-refractivity contribution is 0.199. The van der Waals surface area contributed by atoms with E-state index in [1.165, 1.54) is 29.6 Å². The predicted octanol–water partition coefficient (Wildman–Crippen LogP) is 5.81. The SMILES string of the molecule is CC1=CCCC(C)CC=C(C(C)C)[C@@H](O)CC(C)=CCC1. The molecule has 0 aliphatic heterocycles. The highest BCUT2D eigenvalue weighted by Crippen LogP contribution is 2.24. The Bertz CT molecular complexity index is 398. The second-order valence-electron chi connectivity index (χ2n) is 7.14. The molecule has 1 N–H and O–H groups in total. The molecule has 0 saturated carbocycles. The summed E-state index contributed by atoms with van der Waals surface area (Å²) in [5, 5.41) is 10.5. The van der Waals surface area contributed by atoms with Crippen molar-refractivity contribution in [1.29, 1.82) is 0 Å². The van der Waals surface area contributed by atoms with Gasteiger partial charge in [-0.05, 0) is 69.8 Å². The highest BCUT2D eigenvalue weighted by Gasteiger charge is 2.15. The van der Waals surface area contributed by atoms with Crippen LogP contribution in [0.2, 0.25) is 0 Å². The third-order valence-corrected chi connectivity index (χ3v) is 4.51. The van der Waals surface area contributed by atoms with Crippen LogP contribution in [0.5, 0.6) is 0 Å². The van der Waals surface area contributed by atoms with Crippen molar-refractivity contribution in [2.45, 2.75) is 79.2 Å². The van der Waals surface area contributed by atoms with Crippen molar-refractivity contribution in [3.8, 4) is 0 Å². The fraction of sp³-hybridized carbons (Fsp3) is 0.700. The number of allylic oxidation sites excluding steroid dienone is 4. The molecule has 0 aromatic rings. The Morgan fingerprint density at radius 2 is 1.71 bits per heavy atom. The number of hydrogen-bond donors (Lipinski definition) is 1. The van der Waals surface area contributed by atoms with Crippen LogP contribution in [0.15, 0.2) is 34.9 Å². The second kappa shape index (κ2) is 9.25. The molecule has 0 amide bonds. The van der Waals surface area contributed by atoms with Gasteiger partial charge in [-0.3, -0.25) is 0 Å². The molecule has 0 aromatic heterocycles. The van der Waals surface area contributed by atoms with Gasteiger partial charge in [0.15, 0.2) is 0 Å². The summed E-state index contributed by atoms with van der Waals surface area (Å²) in [4.78, 5) is 0. The van der Waals surface area contributed by atoms with Crippen molar-refractivity contribution in [2.75, 3.05) is 0 Å². The Balaban J connectivity index is 2.89. The molecule has 1 unspecified atom stereocenters. The number of aliphatic hydroxyl groups is 1. The monoisotopic (exact) mass is 290 g/mol. The quantitative estimate of drug-likeness (QED) is 0.604. The van der Waals surface area contributed by atoms with Crippen molar-refractivity contribution in [1.82, 2.24) is 0 Å². The standard InChI is InChI=1S/C20H34O/c1-15(2)19-13-12-17(4)10-6-8-16(3)9-7-11-18(5)14-20(19)21/h8,11,13,15,17,20-21H,6-7,9-10,12,14H2,1-5H3/t17?,20-/m0/s1. The fourth-order valence-corrected chi connectivity index (χ4v) is 2.98. The van der Waals surface area contributed by atoms with E-state index >= 15 is 0 Å². The summed E-state index contributed by atoms with van der Waals surface area (Å²) in [6.45, 7) is 11.1. The minimum Gasteiger partial charge on any atom is -0.388 e. The van der Waals surface area contributed by atoms with E-state index in [-0.39, 0.29) is 6.10 Å². The molecular weight excluding hydrogens is 256 g/mol. The lowest BCUT2D eigenvalue weighted by Gasteiger charge is -2.20. The van der Waals surface area contributed by atoms with Crippen LogP contribution in [-0.2, 0) is 0 Å². The lowest BCUT2D eigenvalue weighted by atomic mass is 9.89. The zero-order chi connectivity index (χ0) is 15.8. The topological polar surface area (TPSA) is 20.2 Å². The number of rotatable bonds is 1. The first-order valence-corrected chi connectivity index (χ1v) is 8.59. The summed E-state index contributed by atoms with van der Waals surface area (Å²) >= 11 is 0. The van der Waals surface area contributed by atoms with Gasteiger partial charge in [-0.1, -0.05) is 50.1 Å². The fourth-order valence-electron chi connectivity index (χ4n) is 2.98. The molecule has 21 heavy (non-hydrogen) atoms. The van der Waals surface area contributed by atoms with Crippen LogP contribution in [0.25, 0.3) is 0 Å². The van der Waals surface area contributed by atoms with E-state index in [4.69, 9.17) is 0 Å². The third-order valence-electron chi connectivity index (χ3n) is 4.51. The summed E-state index contributed by atoms with van der Waals surface area (Å²) in [5.74, 6) is 1.12. The van der Waals surface area contributed by atoms with Crippen molar-refractivity contribution < 1.29 is 5.11 Å². The maximum Gasteiger partial charge on any atom is 0.0789 e. The van der Waals surface area contributed by atoms with Crippen LogP contribution in [-0.4, -0.2) is 11.2 Å². The molecule has 0 fully saturated rings. The van der Waals surface area contributed by atoms with Crippen LogP contribution >= 0.6 is 0 Å². The predicted molar refractivity (Wildman–Crippen MR) is 93.3 cm³/mol. The zero-order valence-electron chi connectivity index (χ0n) is 14.7. The molecule has 0 aromatic carbocycles. The molecule has 0 heterocycles. The van der Waals surface area contributed by atoms with E-state index in [1.807, 2.05) is 0 Å². The molecular formula is C20H34O. The molecule has 1 aliphatic carbocycles. The van der Waals surface area contributed by atoms with Gasteiger partial charge in [-0.15, -0.1) is 0 Å². The van der Waals surface area contributed by atoms with Crippen LogP contribution in [0.4, 0.5) is 0 Å². The molecule has 0 spiro atoms. The molecule has 0 radical (unpaired) electrons. The van der Waals surface area contributed by atoms with E-state index in [0.717, 1.165) is 25.7 Å². The first-order chi connectivity index (χ1) is 9.90. The van der Waals surface area contributed by atoms with Crippen LogP contribution < -0.4 is 0 Å². The van der Waals surface area contributed by atoms with Crippen molar-refractivity contribution in [3.63, 3.8) is 0 Å². The minimum absolute atomic E-state index is 0.312. The maximum absolute atomic E-state index is 10.5. The van der Waals surface area contributed by atoms with Crippen molar-refractivity contribution in [2.24, 2.45) is 11.8 Å². The second-order valence-corrected chi connectivity index (χ2v) is 7.14. The average molecular weight is 290 g/mol. The molecule has 1 nitrogen and oxygen atoms in total. The minimum atomic E-state index is -0.312. The summed E-state index contributed by atoms with van der Waals surface area (Å²) in [5.41, 5.74) is 4.03. The maximum atomic E-state index is 10.5. The molecule has 0 saturated heterocycles. The smallest absolute Gasteiger partial charge is 0.0789 e.